The summed E-state index contributed by atoms with van der Waals surface area (Å²) in [6, 6.07) is 4.86. The largest absolute Gasteiger partial charge is 0.398 e. The first-order chi connectivity index (χ1) is 17.8. The number of hydrogen-bond donors (Lipinski definition) is 3. The molecule has 0 saturated carbocycles. The van der Waals surface area contributed by atoms with E-state index in [4.69, 9.17) is 16.6 Å². The zero-order chi connectivity index (χ0) is 26.1. The van der Waals surface area contributed by atoms with E-state index in [1.165, 1.54) is 16.8 Å². The number of aromatic nitrogens is 3. The molecule has 0 unspecified atom stereocenters. The topological polar surface area (TPSA) is 95.4 Å². The molecule has 1 aromatic carbocycles. The SMILES string of the molecule is CCN1CCN(c2c(C)cc(/C(N)=C/c3c(-c4cnn(C5CCN(C)CC5)c4)c[nH]c3N)cc2C)CC1. The second-order valence-corrected chi connectivity index (χ2v) is 10.8. The molecule has 0 atom stereocenters. The van der Waals surface area contributed by atoms with Crippen LogP contribution in [-0.2, 0) is 0 Å². The molecule has 2 aromatic heterocycles. The van der Waals surface area contributed by atoms with Gasteiger partial charge in [-0.25, -0.2) is 0 Å². The van der Waals surface area contributed by atoms with Crippen molar-refractivity contribution < 1.29 is 0 Å². The van der Waals surface area contributed by atoms with Crippen molar-refractivity contribution in [2.75, 3.05) is 63.5 Å². The van der Waals surface area contributed by atoms with Crippen LogP contribution >= 0.6 is 0 Å². The van der Waals surface area contributed by atoms with Crippen LogP contribution in [0, 0.1) is 13.8 Å². The van der Waals surface area contributed by atoms with Crippen LogP contribution in [0.15, 0.2) is 30.7 Å². The smallest absolute Gasteiger partial charge is 0.108 e. The van der Waals surface area contributed by atoms with Crippen LogP contribution in [0.1, 0.15) is 48.1 Å². The molecular formula is C29H42N8. The van der Waals surface area contributed by atoms with Gasteiger partial charge in [-0.15, -0.1) is 0 Å². The summed E-state index contributed by atoms with van der Waals surface area (Å²) in [5.41, 5.74) is 21.7. The Kier molecular flexibility index (Phi) is 7.31. The van der Waals surface area contributed by atoms with E-state index < -0.39 is 0 Å². The van der Waals surface area contributed by atoms with E-state index in [9.17, 15) is 0 Å². The third-order valence-electron chi connectivity index (χ3n) is 8.19. The maximum Gasteiger partial charge on any atom is 0.108 e. The number of piperidine rings is 1. The first-order valence-electron chi connectivity index (χ1n) is 13.6. The lowest BCUT2D eigenvalue weighted by Crippen LogP contribution is -2.46. The number of aryl methyl sites for hydroxylation is 2. The van der Waals surface area contributed by atoms with E-state index in [1.54, 1.807) is 0 Å². The average Bonchev–Trinajstić information content (AvgIpc) is 3.51. The predicted octanol–water partition coefficient (Wildman–Crippen LogP) is 3.94. The second-order valence-electron chi connectivity index (χ2n) is 10.8. The molecule has 0 amide bonds. The van der Waals surface area contributed by atoms with Crippen molar-refractivity contribution in [1.82, 2.24) is 24.6 Å². The van der Waals surface area contributed by atoms with Crippen molar-refractivity contribution in [2.24, 2.45) is 5.73 Å². The fourth-order valence-electron chi connectivity index (χ4n) is 5.93. The highest BCUT2D eigenvalue weighted by Gasteiger charge is 2.21. The molecule has 2 aliphatic heterocycles. The number of piperazine rings is 1. The summed E-state index contributed by atoms with van der Waals surface area (Å²) in [7, 11) is 2.18. The minimum atomic E-state index is 0.444. The molecule has 198 valence electrons. The number of nitrogen functional groups attached to an aromatic ring is 1. The Labute approximate surface area is 220 Å². The zero-order valence-electron chi connectivity index (χ0n) is 22.8. The lowest BCUT2D eigenvalue weighted by molar-refractivity contribution is 0.212. The van der Waals surface area contributed by atoms with Gasteiger partial charge in [-0.1, -0.05) is 6.92 Å². The Morgan fingerprint density at radius 3 is 2.41 bits per heavy atom. The number of aromatic amines is 1. The summed E-state index contributed by atoms with van der Waals surface area (Å²) >= 11 is 0. The molecule has 0 radical (unpaired) electrons. The molecule has 2 aliphatic rings. The Hall–Kier alpha value is -3.23. The number of anilines is 2. The Balaban J connectivity index is 1.38. The first kappa shape index (κ1) is 25.4. The quantitative estimate of drug-likeness (QED) is 0.473. The third kappa shape index (κ3) is 5.26. The number of H-pyrrole nitrogens is 1. The van der Waals surface area contributed by atoms with Crippen molar-refractivity contribution in [3.05, 3.63) is 53.0 Å². The van der Waals surface area contributed by atoms with Crippen molar-refractivity contribution >= 4 is 23.3 Å². The molecule has 0 spiro atoms. The van der Waals surface area contributed by atoms with Crippen molar-refractivity contribution in [3.63, 3.8) is 0 Å². The fraction of sp³-hybridized carbons (Fsp3) is 0.483. The number of benzene rings is 1. The van der Waals surface area contributed by atoms with Gasteiger partial charge in [0.25, 0.3) is 0 Å². The molecule has 0 bridgehead atoms. The van der Waals surface area contributed by atoms with Crippen molar-refractivity contribution in [2.45, 2.75) is 39.7 Å². The van der Waals surface area contributed by atoms with Gasteiger partial charge in [0.15, 0.2) is 0 Å². The summed E-state index contributed by atoms with van der Waals surface area (Å²) in [6.07, 6.45) is 10.3. The lowest BCUT2D eigenvalue weighted by atomic mass is 9.99. The maximum absolute atomic E-state index is 6.69. The monoisotopic (exact) mass is 502 g/mol. The summed E-state index contributed by atoms with van der Waals surface area (Å²) in [6.45, 7) is 14.3. The highest BCUT2D eigenvalue weighted by molar-refractivity contribution is 5.90. The highest BCUT2D eigenvalue weighted by Crippen LogP contribution is 2.34. The zero-order valence-corrected chi connectivity index (χ0v) is 22.8. The van der Waals surface area contributed by atoms with Crippen LogP contribution in [-0.4, -0.2) is 77.4 Å². The Bertz CT molecular complexity index is 1230. The minimum absolute atomic E-state index is 0.444. The van der Waals surface area contributed by atoms with Crippen LogP contribution in [0.4, 0.5) is 11.5 Å². The summed E-state index contributed by atoms with van der Waals surface area (Å²) < 4.78 is 2.12. The molecule has 8 nitrogen and oxygen atoms in total. The molecule has 5 N–H and O–H groups in total. The normalized spacial score (nSPS) is 18.6. The number of rotatable bonds is 6. The lowest BCUT2D eigenvalue weighted by Gasteiger charge is -2.37. The van der Waals surface area contributed by atoms with Crippen LogP contribution in [0.5, 0.6) is 0 Å². The second kappa shape index (κ2) is 10.6. The van der Waals surface area contributed by atoms with Gasteiger partial charge in [0.1, 0.15) is 5.82 Å². The fourth-order valence-corrected chi connectivity index (χ4v) is 5.93. The van der Waals surface area contributed by atoms with E-state index in [0.717, 1.165) is 80.9 Å². The van der Waals surface area contributed by atoms with Gasteiger partial charge in [-0.05, 0) is 88.3 Å². The molecular weight excluding hydrogens is 460 g/mol. The van der Waals surface area contributed by atoms with Gasteiger partial charge >= 0.3 is 0 Å². The number of hydrogen-bond acceptors (Lipinski definition) is 6. The van der Waals surface area contributed by atoms with Gasteiger partial charge in [-0.2, -0.15) is 5.10 Å². The standard InChI is InChI=1S/C29H42N8/c1-5-35-10-12-36(13-11-35)28-20(2)14-22(15-21(28)3)27(30)16-25-26(18-32-29(25)31)23-17-33-37(19-23)24-6-8-34(4)9-7-24/h14-19,24,32H,5-13,30-31H2,1-4H3/b27-16-. The maximum atomic E-state index is 6.69. The average molecular weight is 503 g/mol. The number of nitrogens with zero attached hydrogens (tertiary/aromatic N) is 5. The van der Waals surface area contributed by atoms with E-state index in [2.05, 4.69) is 70.5 Å². The van der Waals surface area contributed by atoms with Crippen molar-refractivity contribution in [1.29, 1.82) is 0 Å². The van der Waals surface area contributed by atoms with E-state index >= 15 is 0 Å². The van der Waals surface area contributed by atoms with E-state index in [-0.39, 0.29) is 0 Å². The van der Waals surface area contributed by atoms with E-state index in [0.29, 0.717) is 17.6 Å². The van der Waals surface area contributed by atoms with Gasteiger partial charge in [0.2, 0.25) is 0 Å². The van der Waals surface area contributed by atoms with Gasteiger partial charge < -0.3 is 31.2 Å². The van der Waals surface area contributed by atoms with E-state index in [1.807, 2.05) is 18.5 Å². The Morgan fingerprint density at radius 2 is 1.76 bits per heavy atom. The third-order valence-corrected chi connectivity index (χ3v) is 8.19. The summed E-state index contributed by atoms with van der Waals surface area (Å²) in [4.78, 5) is 10.6. The molecule has 0 aliphatic carbocycles. The van der Waals surface area contributed by atoms with Gasteiger partial charge in [-0.3, -0.25) is 4.68 Å². The van der Waals surface area contributed by atoms with Crippen LogP contribution in [0.2, 0.25) is 0 Å². The van der Waals surface area contributed by atoms with Gasteiger partial charge in [0.05, 0.1) is 12.2 Å². The molecule has 3 aromatic rings. The highest BCUT2D eigenvalue weighted by atomic mass is 15.3. The Morgan fingerprint density at radius 1 is 1.08 bits per heavy atom. The number of likely N-dealkylation sites (N-methyl/N-ethyl adjacent to an activating group) is 1. The molecule has 5 rings (SSSR count). The number of nitrogens with two attached hydrogens (primary N) is 2. The first-order valence-corrected chi connectivity index (χ1v) is 13.6. The van der Waals surface area contributed by atoms with Crippen LogP contribution in [0.25, 0.3) is 22.9 Å². The summed E-state index contributed by atoms with van der Waals surface area (Å²) in [5, 5.41) is 4.70. The minimum Gasteiger partial charge on any atom is -0.398 e. The van der Waals surface area contributed by atoms with Crippen LogP contribution in [0.3, 0.4) is 0 Å². The molecule has 4 heterocycles. The molecule has 37 heavy (non-hydrogen) atoms. The number of nitrogens with one attached hydrogen (secondary N) is 1. The van der Waals surface area contributed by atoms with Gasteiger partial charge in [0, 0.05) is 66.6 Å². The number of likely N-dealkylation sites (tertiary alicyclic amines) is 1. The van der Waals surface area contributed by atoms with Crippen molar-refractivity contribution in [3.8, 4) is 11.1 Å². The molecule has 2 fully saturated rings. The van der Waals surface area contributed by atoms with Crippen LogP contribution < -0.4 is 16.4 Å². The molecule has 8 heteroatoms. The molecule has 2 saturated heterocycles. The summed E-state index contributed by atoms with van der Waals surface area (Å²) in [5.74, 6) is 0.615. The predicted molar refractivity (Wildman–Crippen MR) is 154 cm³/mol.